The van der Waals surface area contributed by atoms with Gasteiger partial charge in [0.1, 0.15) is 12.5 Å². The molecule has 11 heteroatoms. The third kappa shape index (κ3) is 5.83. The summed E-state index contributed by atoms with van der Waals surface area (Å²) in [6, 6.07) is 17.2. The van der Waals surface area contributed by atoms with Crippen LogP contribution in [-0.4, -0.2) is 21.0 Å². The highest BCUT2D eigenvalue weighted by molar-refractivity contribution is 7.30. The number of nitrogens with zero attached hydrogens (tertiary/aromatic N) is 2. The lowest BCUT2D eigenvalue weighted by Gasteiger charge is -2.01. The van der Waals surface area contributed by atoms with Crippen LogP contribution in [0.3, 0.4) is 0 Å². The lowest BCUT2D eigenvalue weighted by Crippen LogP contribution is -1.97. The highest BCUT2D eigenvalue weighted by Gasteiger charge is 2.20. The molecule has 0 aliphatic rings. The molecule has 0 spiro atoms. The van der Waals surface area contributed by atoms with Gasteiger partial charge in [0.25, 0.3) is 0 Å². The number of oxazole rings is 2. The number of rotatable bonds is 11. The monoisotopic (exact) mass is 660 g/mol. The number of aryl methyl sites for hydroxylation is 2. The molecule has 7 aromatic heterocycles. The van der Waals surface area contributed by atoms with E-state index in [1.165, 1.54) is 25.1 Å². The Morgan fingerprint density at radius 2 is 1.12 bits per heavy atom. The van der Waals surface area contributed by atoms with E-state index < -0.39 is 5.97 Å². The number of aliphatic carboxylic acids is 1. The molecule has 7 heterocycles. The summed E-state index contributed by atoms with van der Waals surface area (Å²) >= 11 is 8.66. The van der Waals surface area contributed by atoms with Crippen LogP contribution in [0.4, 0.5) is 0 Å². The molecule has 216 valence electrons. The fourth-order valence-electron chi connectivity index (χ4n) is 4.84. The molecule has 6 nitrogen and oxygen atoms in total. The van der Waals surface area contributed by atoms with E-state index in [2.05, 4.69) is 59.4 Å². The van der Waals surface area contributed by atoms with Gasteiger partial charge in [-0.2, -0.15) is 0 Å². The quantitative estimate of drug-likeness (QED) is 0.148. The van der Waals surface area contributed by atoms with Crippen molar-refractivity contribution in [2.45, 2.75) is 32.6 Å². The van der Waals surface area contributed by atoms with E-state index >= 15 is 0 Å². The molecule has 0 radical (unpaired) electrons. The van der Waals surface area contributed by atoms with E-state index in [9.17, 15) is 9.90 Å². The number of carbonyl (C=O) groups is 1. The van der Waals surface area contributed by atoms with Crippen molar-refractivity contribution in [1.29, 1.82) is 0 Å². The van der Waals surface area contributed by atoms with Gasteiger partial charge in [0.2, 0.25) is 11.8 Å². The van der Waals surface area contributed by atoms with Crippen molar-refractivity contribution in [2.24, 2.45) is 0 Å². The van der Waals surface area contributed by atoms with Crippen molar-refractivity contribution in [3.63, 3.8) is 0 Å². The van der Waals surface area contributed by atoms with E-state index in [0.29, 0.717) is 18.2 Å². The first-order valence-corrected chi connectivity index (χ1v) is 17.7. The van der Waals surface area contributed by atoms with Crippen LogP contribution in [0.1, 0.15) is 30.9 Å². The summed E-state index contributed by atoms with van der Waals surface area (Å²) < 4.78 is 11.0. The minimum atomic E-state index is -0.789. The second-order valence-corrected chi connectivity index (χ2v) is 15.1. The van der Waals surface area contributed by atoms with E-state index in [-0.39, 0.29) is 6.42 Å². The van der Waals surface area contributed by atoms with Crippen LogP contribution in [-0.2, 0) is 17.6 Å². The summed E-state index contributed by atoms with van der Waals surface area (Å²) in [5.41, 5.74) is 2.43. The SMILES string of the molecule is CCCc1cc(-c2ccc(-c3ncco3)s2)sc1-c1ccc(-c2sc(-c3ccc(-c4ncco4)s3)cc2CCC(=O)O)s1. The normalized spacial score (nSPS) is 11.5. The van der Waals surface area contributed by atoms with Gasteiger partial charge >= 0.3 is 5.97 Å². The average Bonchev–Trinajstić information content (AvgIpc) is 3.86. The summed E-state index contributed by atoms with van der Waals surface area (Å²) in [4.78, 5) is 31.6. The molecular weight excluding hydrogens is 637 g/mol. The van der Waals surface area contributed by atoms with Crippen LogP contribution >= 0.6 is 56.7 Å². The first-order chi connectivity index (χ1) is 21.1. The summed E-state index contributed by atoms with van der Waals surface area (Å²) in [7, 11) is 0. The van der Waals surface area contributed by atoms with Crippen LogP contribution < -0.4 is 0 Å². The maximum absolute atomic E-state index is 11.5. The first kappa shape index (κ1) is 28.2. The lowest BCUT2D eigenvalue weighted by atomic mass is 10.1. The predicted molar refractivity (Wildman–Crippen MR) is 179 cm³/mol. The Labute approximate surface area is 267 Å². The van der Waals surface area contributed by atoms with Gasteiger partial charge in [0.05, 0.1) is 22.1 Å². The third-order valence-corrected chi connectivity index (χ3v) is 13.1. The maximum Gasteiger partial charge on any atom is 0.303 e. The molecule has 7 rings (SSSR count). The van der Waals surface area contributed by atoms with Crippen molar-refractivity contribution < 1.29 is 18.7 Å². The molecule has 0 aliphatic heterocycles. The van der Waals surface area contributed by atoms with Crippen molar-refractivity contribution in [1.82, 2.24) is 9.97 Å². The number of thiophene rings is 5. The summed E-state index contributed by atoms with van der Waals surface area (Å²) in [6.45, 7) is 2.21. The molecule has 0 bridgehead atoms. The Morgan fingerprint density at radius 1 is 0.651 bits per heavy atom. The molecule has 1 N–H and O–H groups in total. The Morgan fingerprint density at radius 3 is 1.58 bits per heavy atom. The average molecular weight is 661 g/mol. The molecular formula is C32H24N2O4S5. The van der Waals surface area contributed by atoms with Crippen LogP contribution in [0.5, 0.6) is 0 Å². The molecule has 0 amide bonds. The zero-order valence-electron chi connectivity index (χ0n) is 22.9. The minimum absolute atomic E-state index is 0.0959. The Hall–Kier alpha value is -3.61. The molecule has 0 aliphatic carbocycles. The fourth-order valence-corrected chi connectivity index (χ4v) is 10.6. The Kier molecular flexibility index (Phi) is 7.98. The summed E-state index contributed by atoms with van der Waals surface area (Å²) in [6.07, 6.45) is 9.16. The molecule has 0 unspecified atom stereocenters. The van der Waals surface area contributed by atoms with Crippen LogP contribution in [0.2, 0.25) is 0 Å². The number of hydrogen-bond acceptors (Lipinski definition) is 10. The zero-order valence-corrected chi connectivity index (χ0v) is 26.9. The number of hydrogen-bond donors (Lipinski definition) is 1. The third-order valence-electron chi connectivity index (χ3n) is 6.78. The molecule has 0 aromatic carbocycles. The molecule has 0 saturated carbocycles. The smallest absolute Gasteiger partial charge is 0.303 e. The molecule has 7 aromatic rings. The molecule has 43 heavy (non-hydrogen) atoms. The number of aromatic nitrogens is 2. The predicted octanol–water partition coefficient (Wildman–Crippen LogP) is 10.9. The van der Waals surface area contributed by atoms with Gasteiger partial charge in [0, 0.05) is 45.4 Å². The van der Waals surface area contributed by atoms with E-state index in [1.807, 2.05) is 17.4 Å². The highest BCUT2D eigenvalue weighted by Crippen LogP contribution is 2.49. The van der Waals surface area contributed by atoms with Crippen LogP contribution in [0.15, 0.2) is 82.3 Å². The summed E-state index contributed by atoms with van der Waals surface area (Å²) in [5, 5.41) is 9.44. The second-order valence-electron chi connectivity index (χ2n) is 9.74. The number of carboxylic acids is 1. The van der Waals surface area contributed by atoms with Crippen LogP contribution in [0, 0.1) is 0 Å². The highest BCUT2D eigenvalue weighted by atomic mass is 32.1. The van der Waals surface area contributed by atoms with Gasteiger partial charge in [-0.05, 0) is 72.5 Å². The van der Waals surface area contributed by atoms with Crippen molar-refractivity contribution >= 4 is 62.7 Å². The van der Waals surface area contributed by atoms with E-state index in [1.54, 1.807) is 70.3 Å². The largest absolute Gasteiger partial charge is 0.481 e. The van der Waals surface area contributed by atoms with Gasteiger partial charge in [-0.1, -0.05) is 13.3 Å². The van der Waals surface area contributed by atoms with E-state index in [4.69, 9.17) is 8.83 Å². The van der Waals surface area contributed by atoms with Gasteiger partial charge < -0.3 is 13.9 Å². The topological polar surface area (TPSA) is 89.4 Å². The minimum Gasteiger partial charge on any atom is -0.481 e. The van der Waals surface area contributed by atoms with Crippen molar-refractivity contribution in [2.75, 3.05) is 0 Å². The molecule has 0 atom stereocenters. The van der Waals surface area contributed by atoms with Gasteiger partial charge in [-0.15, -0.1) is 56.7 Å². The van der Waals surface area contributed by atoms with Gasteiger partial charge in [-0.3, -0.25) is 4.79 Å². The molecule has 0 saturated heterocycles. The van der Waals surface area contributed by atoms with Gasteiger partial charge in [0.15, 0.2) is 0 Å². The standard InChI is InChI=1S/C32H24N2O4S5/c1-2-3-18-16-26(20-5-9-24(39-20)31-33-12-14-37-31)42-29(18)22-7-8-23(41-22)30-19(4-11-28(35)36)17-27(43-30)21-6-10-25(40-21)32-34-13-15-38-32/h5-10,12-17H,2-4,11H2,1H3,(H,35,36). The van der Waals surface area contributed by atoms with Crippen molar-refractivity contribution in [3.05, 3.63) is 84.6 Å². The Balaban J connectivity index is 1.22. The van der Waals surface area contributed by atoms with Gasteiger partial charge in [-0.25, -0.2) is 9.97 Å². The van der Waals surface area contributed by atoms with E-state index in [0.717, 1.165) is 47.7 Å². The maximum atomic E-state index is 11.5. The van der Waals surface area contributed by atoms with Crippen LogP contribution in [0.25, 0.3) is 60.6 Å². The molecule has 0 fully saturated rings. The zero-order chi connectivity index (χ0) is 29.3. The second kappa shape index (κ2) is 12.2. The summed E-state index contributed by atoms with van der Waals surface area (Å²) in [5.74, 6) is 0.467. The fraction of sp³-hybridized carbons (Fsp3) is 0.156. The Bertz CT molecular complexity index is 1990. The number of carboxylic acid groups (broad SMARTS) is 1. The van der Waals surface area contributed by atoms with Crippen molar-refractivity contribution in [3.8, 4) is 60.6 Å². The lowest BCUT2D eigenvalue weighted by molar-refractivity contribution is -0.136. The first-order valence-electron chi connectivity index (χ1n) is 13.6.